The molecule has 0 aromatic heterocycles. The van der Waals surface area contributed by atoms with E-state index in [0.717, 1.165) is 16.5 Å². The highest BCUT2D eigenvalue weighted by atomic mass is 16.6. The molecule has 0 N–H and O–H groups in total. The zero-order valence-corrected chi connectivity index (χ0v) is 13.6. The SMILES string of the molecule is CC(=O)c1ccc2cc(N(C)C(=O)OC(C)(C)C)ccc2c1. The van der Waals surface area contributed by atoms with Crippen LogP contribution in [0.15, 0.2) is 36.4 Å². The number of fused-ring (bicyclic) bond motifs is 1. The fourth-order valence-corrected chi connectivity index (χ4v) is 2.10. The first kappa shape index (κ1) is 16.0. The number of hydrogen-bond donors (Lipinski definition) is 0. The lowest BCUT2D eigenvalue weighted by Gasteiger charge is -2.24. The topological polar surface area (TPSA) is 46.6 Å². The highest BCUT2D eigenvalue weighted by Crippen LogP contribution is 2.24. The van der Waals surface area contributed by atoms with Crippen LogP contribution in [0.5, 0.6) is 0 Å². The van der Waals surface area contributed by atoms with E-state index in [9.17, 15) is 9.59 Å². The number of nitrogens with zero attached hydrogens (tertiary/aromatic N) is 1. The van der Waals surface area contributed by atoms with E-state index in [1.807, 2.05) is 51.1 Å². The van der Waals surface area contributed by atoms with Gasteiger partial charge in [0.15, 0.2) is 5.78 Å². The second-order valence-corrected chi connectivity index (χ2v) is 6.34. The van der Waals surface area contributed by atoms with Gasteiger partial charge in [0, 0.05) is 18.3 Å². The van der Waals surface area contributed by atoms with Crippen molar-refractivity contribution in [2.24, 2.45) is 0 Å². The number of hydrogen-bond acceptors (Lipinski definition) is 3. The Morgan fingerprint density at radius 3 is 2.18 bits per heavy atom. The van der Waals surface area contributed by atoms with Crippen LogP contribution >= 0.6 is 0 Å². The van der Waals surface area contributed by atoms with Crippen LogP contribution in [-0.4, -0.2) is 24.5 Å². The highest BCUT2D eigenvalue weighted by molar-refractivity contribution is 5.99. The van der Waals surface area contributed by atoms with E-state index in [-0.39, 0.29) is 5.78 Å². The van der Waals surface area contributed by atoms with Gasteiger partial charge in [0.05, 0.1) is 0 Å². The van der Waals surface area contributed by atoms with E-state index in [1.165, 1.54) is 4.90 Å². The number of amides is 1. The van der Waals surface area contributed by atoms with Crippen LogP contribution in [0.3, 0.4) is 0 Å². The van der Waals surface area contributed by atoms with Crippen molar-refractivity contribution < 1.29 is 14.3 Å². The van der Waals surface area contributed by atoms with E-state index < -0.39 is 11.7 Å². The minimum atomic E-state index is -0.529. The smallest absolute Gasteiger partial charge is 0.414 e. The fraction of sp³-hybridized carbons (Fsp3) is 0.333. The van der Waals surface area contributed by atoms with Crippen LogP contribution in [0.25, 0.3) is 10.8 Å². The van der Waals surface area contributed by atoms with Crippen molar-refractivity contribution in [3.05, 3.63) is 42.0 Å². The lowest BCUT2D eigenvalue weighted by atomic mass is 10.0. The summed E-state index contributed by atoms with van der Waals surface area (Å²) >= 11 is 0. The van der Waals surface area contributed by atoms with E-state index in [1.54, 1.807) is 20.0 Å². The molecule has 0 atom stereocenters. The molecule has 22 heavy (non-hydrogen) atoms. The highest BCUT2D eigenvalue weighted by Gasteiger charge is 2.20. The van der Waals surface area contributed by atoms with Gasteiger partial charge < -0.3 is 4.74 Å². The standard InChI is InChI=1S/C18H21NO3/c1-12(20)13-6-7-15-11-16(9-8-14(15)10-13)19(5)17(21)22-18(2,3)4/h6-11H,1-5H3. The van der Waals surface area contributed by atoms with Crippen molar-refractivity contribution >= 4 is 28.3 Å². The molecule has 0 aliphatic rings. The number of benzene rings is 2. The van der Waals surface area contributed by atoms with Crippen LogP contribution in [-0.2, 0) is 4.74 Å². The lowest BCUT2D eigenvalue weighted by Crippen LogP contribution is -2.34. The molecule has 0 saturated heterocycles. The third-order valence-electron chi connectivity index (χ3n) is 3.29. The summed E-state index contributed by atoms with van der Waals surface area (Å²) < 4.78 is 5.36. The third-order valence-corrected chi connectivity index (χ3v) is 3.29. The van der Waals surface area contributed by atoms with Gasteiger partial charge in [0.2, 0.25) is 0 Å². The number of ether oxygens (including phenoxy) is 1. The van der Waals surface area contributed by atoms with Crippen molar-refractivity contribution in [2.75, 3.05) is 11.9 Å². The maximum absolute atomic E-state index is 12.1. The molecule has 4 nitrogen and oxygen atoms in total. The summed E-state index contributed by atoms with van der Waals surface area (Å²) in [7, 11) is 1.68. The Morgan fingerprint density at radius 2 is 1.59 bits per heavy atom. The van der Waals surface area contributed by atoms with Gasteiger partial charge in [-0.1, -0.05) is 18.2 Å². The summed E-state index contributed by atoms with van der Waals surface area (Å²) in [6, 6.07) is 11.2. The molecule has 2 rings (SSSR count). The average Bonchev–Trinajstić information content (AvgIpc) is 2.43. The number of anilines is 1. The summed E-state index contributed by atoms with van der Waals surface area (Å²) in [6.07, 6.45) is -0.396. The largest absolute Gasteiger partial charge is 0.443 e. The van der Waals surface area contributed by atoms with Crippen LogP contribution in [0.4, 0.5) is 10.5 Å². The van der Waals surface area contributed by atoms with Crippen molar-refractivity contribution in [3.8, 4) is 0 Å². The average molecular weight is 299 g/mol. The van der Waals surface area contributed by atoms with E-state index in [4.69, 9.17) is 4.74 Å². The molecule has 1 amide bonds. The molecule has 0 bridgehead atoms. The first-order valence-corrected chi connectivity index (χ1v) is 7.19. The molecule has 0 spiro atoms. The predicted octanol–water partition coefficient (Wildman–Crippen LogP) is 4.41. The lowest BCUT2D eigenvalue weighted by molar-refractivity contribution is 0.0589. The summed E-state index contributed by atoms with van der Waals surface area (Å²) in [6.45, 7) is 7.05. The number of carbonyl (C=O) groups excluding carboxylic acids is 2. The molecule has 0 saturated carbocycles. The molecule has 0 aliphatic carbocycles. The van der Waals surface area contributed by atoms with Gasteiger partial charge in [-0.25, -0.2) is 4.79 Å². The quantitative estimate of drug-likeness (QED) is 0.771. The van der Waals surface area contributed by atoms with Gasteiger partial charge >= 0.3 is 6.09 Å². The second-order valence-electron chi connectivity index (χ2n) is 6.34. The summed E-state index contributed by atoms with van der Waals surface area (Å²) in [4.78, 5) is 25.0. The molecular weight excluding hydrogens is 278 g/mol. The van der Waals surface area contributed by atoms with E-state index >= 15 is 0 Å². The maximum atomic E-state index is 12.1. The summed E-state index contributed by atoms with van der Waals surface area (Å²) in [5.74, 6) is 0.0387. The van der Waals surface area contributed by atoms with Gasteiger partial charge in [0.25, 0.3) is 0 Å². The van der Waals surface area contributed by atoms with Gasteiger partial charge in [0.1, 0.15) is 5.60 Å². The van der Waals surface area contributed by atoms with Crippen molar-refractivity contribution in [1.82, 2.24) is 0 Å². The molecule has 0 unspecified atom stereocenters. The zero-order valence-electron chi connectivity index (χ0n) is 13.6. The molecular formula is C18H21NO3. The van der Waals surface area contributed by atoms with Gasteiger partial charge in [-0.3, -0.25) is 9.69 Å². The number of Topliss-reactive ketones (excluding diaryl/α,β-unsaturated/α-hetero) is 1. The first-order valence-electron chi connectivity index (χ1n) is 7.19. The maximum Gasteiger partial charge on any atom is 0.414 e. The van der Waals surface area contributed by atoms with Crippen molar-refractivity contribution in [3.63, 3.8) is 0 Å². The van der Waals surface area contributed by atoms with E-state index in [2.05, 4.69) is 0 Å². The van der Waals surface area contributed by atoms with Gasteiger partial charge in [-0.05, 0) is 56.7 Å². The molecule has 2 aromatic carbocycles. The fourth-order valence-electron chi connectivity index (χ4n) is 2.10. The van der Waals surface area contributed by atoms with Crippen LogP contribution in [0.1, 0.15) is 38.1 Å². The molecule has 0 heterocycles. The molecule has 0 aliphatic heterocycles. The zero-order chi connectivity index (χ0) is 16.5. The summed E-state index contributed by atoms with van der Waals surface area (Å²) in [5, 5.41) is 1.94. The second kappa shape index (κ2) is 5.79. The number of ketones is 1. The van der Waals surface area contributed by atoms with Crippen LogP contribution in [0, 0.1) is 0 Å². The molecule has 4 heteroatoms. The van der Waals surface area contributed by atoms with Crippen molar-refractivity contribution in [2.45, 2.75) is 33.3 Å². The van der Waals surface area contributed by atoms with Crippen LogP contribution in [0.2, 0.25) is 0 Å². The van der Waals surface area contributed by atoms with Crippen molar-refractivity contribution in [1.29, 1.82) is 0 Å². The van der Waals surface area contributed by atoms with Gasteiger partial charge in [-0.15, -0.1) is 0 Å². The molecule has 116 valence electrons. The van der Waals surface area contributed by atoms with Crippen LogP contribution < -0.4 is 4.90 Å². The summed E-state index contributed by atoms with van der Waals surface area (Å²) in [5.41, 5.74) is 0.900. The minimum absolute atomic E-state index is 0.0387. The Morgan fingerprint density at radius 1 is 1.00 bits per heavy atom. The normalized spacial score (nSPS) is 11.3. The Balaban J connectivity index is 2.31. The Kier molecular flexibility index (Phi) is 4.22. The Labute approximate surface area is 130 Å². The first-order chi connectivity index (χ1) is 10.2. The molecule has 0 fully saturated rings. The number of carbonyl (C=O) groups is 2. The Bertz CT molecular complexity index is 729. The predicted molar refractivity (Wildman–Crippen MR) is 88.6 cm³/mol. The Hall–Kier alpha value is -2.36. The third kappa shape index (κ3) is 3.64. The molecule has 0 radical (unpaired) electrons. The number of rotatable bonds is 2. The minimum Gasteiger partial charge on any atom is -0.443 e. The molecule has 2 aromatic rings. The van der Waals surface area contributed by atoms with E-state index in [0.29, 0.717) is 5.56 Å². The monoisotopic (exact) mass is 299 g/mol. The van der Waals surface area contributed by atoms with Gasteiger partial charge in [-0.2, -0.15) is 0 Å².